The van der Waals surface area contributed by atoms with Gasteiger partial charge in [0.2, 0.25) is 5.91 Å². The molecular weight excluding hydrogens is 243 g/mol. The van der Waals surface area contributed by atoms with E-state index in [1.807, 2.05) is 11.0 Å². The summed E-state index contributed by atoms with van der Waals surface area (Å²) in [5.41, 5.74) is 0.590. The summed E-state index contributed by atoms with van der Waals surface area (Å²) in [6.07, 6.45) is 3.34. The van der Waals surface area contributed by atoms with Gasteiger partial charge in [0.05, 0.1) is 5.54 Å². The highest BCUT2D eigenvalue weighted by atomic mass is 19.1. The summed E-state index contributed by atoms with van der Waals surface area (Å²) in [4.78, 5) is 14.1. The molecule has 1 aromatic carbocycles. The minimum atomic E-state index is -0.283. The van der Waals surface area contributed by atoms with Gasteiger partial charge in [-0.1, -0.05) is 6.07 Å². The Morgan fingerprint density at radius 3 is 3.00 bits per heavy atom. The largest absolute Gasteiger partial charge is 0.314 e. The van der Waals surface area contributed by atoms with Crippen molar-refractivity contribution in [1.29, 1.82) is 0 Å². The van der Waals surface area contributed by atoms with Crippen LogP contribution in [-0.4, -0.2) is 24.0 Å². The Morgan fingerprint density at radius 2 is 2.26 bits per heavy atom. The van der Waals surface area contributed by atoms with E-state index in [-0.39, 0.29) is 17.3 Å². The number of carbonyl (C=O) groups is 1. The monoisotopic (exact) mass is 262 g/mol. The van der Waals surface area contributed by atoms with E-state index in [1.165, 1.54) is 12.1 Å². The highest BCUT2D eigenvalue weighted by Crippen LogP contribution is 2.42. The molecule has 2 aliphatic heterocycles. The van der Waals surface area contributed by atoms with Crippen molar-refractivity contribution in [3.05, 3.63) is 30.1 Å². The number of amides is 1. The van der Waals surface area contributed by atoms with Crippen molar-refractivity contribution in [2.24, 2.45) is 0 Å². The molecule has 2 heterocycles. The zero-order valence-corrected chi connectivity index (χ0v) is 11.2. The van der Waals surface area contributed by atoms with Crippen molar-refractivity contribution in [3.63, 3.8) is 0 Å². The molecule has 2 saturated heterocycles. The highest BCUT2D eigenvalue weighted by Gasteiger charge is 2.47. The molecule has 0 unspecified atom stereocenters. The molecule has 1 N–H and O–H groups in total. The Bertz CT molecular complexity index is 505. The Morgan fingerprint density at radius 1 is 1.42 bits per heavy atom. The molecule has 0 aromatic heterocycles. The Kier molecular flexibility index (Phi) is 3.05. The molecule has 1 spiro atoms. The second-order valence-electron chi connectivity index (χ2n) is 5.74. The van der Waals surface area contributed by atoms with Crippen LogP contribution >= 0.6 is 0 Å². The van der Waals surface area contributed by atoms with Gasteiger partial charge in [-0.2, -0.15) is 0 Å². The second-order valence-corrected chi connectivity index (χ2v) is 5.74. The fourth-order valence-electron chi connectivity index (χ4n) is 3.59. The van der Waals surface area contributed by atoms with Crippen LogP contribution in [0.2, 0.25) is 0 Å². The molecule has 0 saturated carbocycles. The van der Waals surface area contributed by atoms with Crippen LogP contribution in [0.3, 0.4) is 0 Å². The van der Waals surface area contributed by atoms with E-state index >= 15 is 0 Å². The van der Waals surface area contributed by atoms with E-state index in [0.29, 0.717) is 18.2 Å². The molecule has 2 aliphatic rings. The minimum Gasteiger partial charge on any atom is -0.314 e. The maximum Gasteiger partial charge on any atom is 0.227 e. The standard InChI is InChI=1S/C15H19FN2O/c1-11-10-15(7-8-17-11)6-5-14(19)18(15)13-4-2-3-12(16)9-13/h2-4,9,11,17H,5-8,10H2,1H3/t11-,15+/m1/s1. The number of hydrogen-bond acceptors (Lipinski definition) is 2. The van der Waals surface area contributed by atoms with Crippen LogP contribution < -0.4 is 10.2 Å². The molecule has 2 atom stereocenters. The smallest absolute Gasteiger partial charge is 0.227 e. The molecule has 0 bridgehead atoms. The number of nitrogens with one attached hydrogen (secondary N) is 1. The summed E-state index contributed by atoms with van der Waals surface area (Å²) in [7, 11) is 0. The number of piperidine rings is 1. The van der Waals surface area contributed by atoms with Crippen LogP contribution in [0.4, 0.5) is 10.1 Å². The molecule has 3 nitrogen and oxygen atoms in total. The van der Waals surface area contributed by atoms with Crippen molar-refractivity contribution in [1.82, 2.24) is 5.32 Å². The SMILES string of the molecule is C[C@@H]1C[C@@]2(CCN1)CCC(=O)N2c1cccc(F)c1. The molecule has 19 heavy (non-hydrogen) atoms. The normalized spacial score (nSPS) is 31.2. The van der Waals surface area contributed by atoms with Gasteiger partial charge < -0.3 is 10.2 Å². The summed E-state index contributed by atoms with van der Waals surface area (Å²) >= 11 is 0. The van der Waals surface area contributed by atoms with Crippen molar-refractivity contribution < 1.29 is 9.18 Å². The molecule has 4 heteroatoms. The topological polar surface area (TPSA) is 32.3 Å². The van der Waals surface area contributed by atoms with Gasteiger partial charge in [0, 0.05) is 18.2 Å². The third-order valence-electron chi connectivity index (χ3n) is 4.36. The second kappa shape index (κ2) is 4.60. The maximum atomic E-state index is 13.4. The summed E-state index contributed by atoms with van der Waals surface area (Å²) < 4.78 is 13.4. The molecule has 0 aliphatic carbocycles. The lowest BCUT2D eigenvalue weighted by molar-refractivity contribution is -0.117. The molecule has 1 amide bonds. The lowest BCUT2D eigenvalue weighted by Gasteiger charge is -2.44. The van der Waals surface area contributed by atoms with Gasteiger partial charge in [0.15, 0.2) is 0 Å². The van der Waals surface area contributed by atoms with E-state index in [4.69, 9.17) is 0 Å². The quantitative estimate of drug-likeness (QED) is 0.843. The Balaban J connectivity index is 1.98. The zero-order chi connectivity index (χ0) is 13.5. The number of benzene rings is 1. The molecule has 2 fully saturated rings. The molecule has 0 radical (unpaired) electrons. The van der Waals surface area contributed by atoms with Crippen LogP contribution in [0, 0.1) is 5.82 Å². The van der Waals surface area contributed by atoms with Gasteiger partial charge in [0.1, 0.15) is 5.82 Å². The number of rotatable bonds is 1. The third kappa shape index (κ3) is 2.14. The number of anilines is 1. The number of carbonyl (C=O) groups excluding carboxylic acids is 1. The van der Waals surface area contributed by atoms with Gasteiger partial charge in [-0.3, -0.25) is 4.79 Å². The van der Waals surface area contributed by atoms with Crippen molar-refractivity contribution in [3.8, 4) is 0 Å². The van der Waals surface area contributed by atoms with E-state index in [9.17, 15) is 9.18 Å². The zero-order valence-electron chi connectivity index (χ0n) is 11.2. The van der Waals surface area contributed by atoms with Gasteiger partial charge in [-0.05, 0) is 50.9 Å². The molecular formula is C15H19FN2O. The first kappa shape index (κ1) is 12.6. The predicted molar refractivity (Wildman–Crippen MR) is 72.5 cm³/mol. The average Bonchev–Trinajstić information content (AvgIpc) is 2.66. The first-order valence-corrected chi connectivity index (χ1v) is 6.93. The number of hydrogen-bond donors (Lipinski definition) is 1. The first-order chi connectivity index (χ1) is 9.11. The summed E-state index contributed by atoms with van der Waals surface area (Å²) in [6.45, 7) is 3.06. The third-order valence-corrected chi connectivity index (χ3v) is 4.36. The van der Waals surface area contributed by atoms with E-state index in [2.05, 4.69) is 12.2 Å². The summed E-state index contributed by atoms with van der Waals surface area (Å²) in [5, 5.41) is 3.42. The van der Waals surface area contributed by atoms with E-state index in [0.717, 1.165) is 25.8 Å². The van der Waals surface area contributed by atoms with Crippen LogP contribution in [0.5, 0.6) is 0 Å². The van der Waals surface area contributed by atoms with Gasteiger partial charge >= 0.3 is 0 Å². The van der Waals surface area contributed by atoms with Crippen LogP contribution in [-0.2, 0) is 4.79 Å². The fourth-order valence-corrected chi connectivity index (χ4v) is 3.59. The maximum absolute atomic E-state index is 13.4. The summed E-state index contributed by atoms with van der Waals surface area (Å²) in [5.74, 6) is -0.158. The fraction of sp³-hybridized carbons (Fsp3) is 0.533. The average molecular weight is 262 g/mol. The number of nitrogens with zero attached hydrogens (tertiary/aromatic N) is 1. The highest BCUT2D eigenvalue weighted by molar-refractivity contribution is 5.97. The first-order valence-electron chi connectivity index (χ1n) is 6.93. The van der Waals surface area contributed by atoms with Gasteiger partial charge in [0.25, 0.3) is 0 Å². The van der Waals surface area contributed by atoms with Crippen LogP contribution in [0.25, 0.3) is 0 Å². The number of halogens is 1. The molecule has 102 valence electrons. The van der Waals surface area contributed by atoms with E-state index in [1.54, 1.807) is 6.07 Å². The minimum absolute atomic E-state index is 0.116. The van der Waals surface area contributed by atoms with Gasteiger partial charge in [-0.25, -0.2) is 4.39 Å². The van der Waals surface area contributed by atoms with Crippen molar-refractivity contribution in [2.75, 3.05) is 11.4 Å². The Labute approximate surface area is 112 Å². The van der Waals surface area contributed by atoms with Gasteiger partial charge in [-0.15, -0.1) is 0 Å². The Hall–Kier alpha value is -1.42. The van der Waals surface area contributed by atoms with Crippen molar-refractivity contribution >= 4 is 11.6 Å². The predicted octanol–water partition coefficient (Wildman–Crippen LogP) is 2.46. The van der Waals surface area contributed by atoms with Crippen molar-refractivity contribution in [2.45, 2.75) is 44.2 Å². The molecule has 3 rings (SSSR count). The lowest BCUT2D eigenvalue weighted by Crippen LogP contribution is -2.55. The van der Waals surface area contributed by atoms with Crippen LogP contribution in [0.15, 0.2) is 24.3 Å². The molecule has 1 aromatic rings. The summed E-state index contributed by atoms with van der Waals surface area (Å²) in [6, 6.07) is 6.80. The van der Waals surface area contributed by atoms with E-state index < -0.39 is 0 Å². The lowest BCUT2D eigenvalue weighted by atomic mass is 9.82. The van der Waals surface area contributed by atoms with Crippen LogP contribution in [0.1, 0.15) is 32.6 Å².